The Morgan fingerprint density at radius 1 is 1.12 bits per heavy atom. The van der Waals surface area contributed by atoms with Gasteiger partial charge in [-0.1, -0.05) is 13.8 Å². The van der Waals surface area contributed by atoms with Gasteiger partial charge >= 0.3 is 6.36 Å². The van der Waals surface area contributed by atoms with Crippen molar-refractivity contribution >= 4 is 0 Å². The molecule has 0 aliphatic carbocycles. The molecule has 0 aliphatic heterocycles. The molecule has 0 bridgehead atoms. The molecule has 1 aromatic rings. The summed E-state index contributed by atoms with van der Waals surface area (Å²) in [6, 6.07) is 1.70. The highest BCUT2D eigenvalue weighted by Gasteiger charge is 2.34. The molecule has 0 saturated heterocycles. The average Bonchev–Trinajstić information content (AvgIpc) is 2.08. The monoisotopic (exact) mass is 254 g/mol. The van der Waals surface area contributed by atoms with E-state index in [1.54, 1.807) is 0 Å². The molecule has 17 heavy (non-hydrogen) atoms. The van der Waals surface area contributed by atoms with Crippen molar-refractivity contribution < 1.29 is 26.7 Å². The van der Waals surface area contributed by atoms with E-state index in [9.17, 15) is 22.0 Å². The van der Waals surface area contributed by atoms with Gasteiger partial charge in [-0.3, -0.25) is 0 Å². The minimum Gasteiger partial charge on any atom is -0.399 e. The first-order chi connectivity index (χ1) is 7.69. The molecule has 0 aliphatic rings. The fraction of sp³-hybridized carbons (Fsp3) is 0.455. The second-order valence-corrected chi connectivity index (χ2v) is 4.03. The summed E-state index contributed by atoms with van der Waals surface area (Å²) in [6.07, 6.45) is -4.73. The van der Waals surface area contributed by atoms with E-state index in [-0.39, 0.29) is 5.92 Å². The highest BCUT2D eigenvalue weighted by Crippen LogP contribution is 2.29. The molecule has 1 rings (SSSR count). The zero-order valence-electron chi connectivity index (χ0n) is 9.24. The van der Waals surface area contributed by atoms with Crippen LogP contribution in [0.2, 0.25) is 0 Å². The zero-order chi connectivity index (χ0) is 13.2. The third kappa shape index (κ3) is 4.20. The Kier molecular flexibility index (Phi) is 3.95. The van der Waals surface area contributed by atoms with E-state index in [0.717, 1.165) is 12.1 Å². The predicted molar refractivity (Wildman–Crippen MR) is 51.6 cm³/mol. The van der Waals surface area contributed by atoms with E-state index < -0.39 is 23.7 Å². The van der Waals surface area contributed by atoms with Gasteiger partial charge in [0, 0.05) is 0 Å². The molecule has 0 radical (unpaired) electrons. The molecule has 1 nitrogen and oxygen atoms in total. The first kappa shape index (κ1) is 13.7. The SMILES string of the molecule is CC(C)Cc1cc(F)c(OC(F)(F)F)c(F)c1. The van der Waals surface area contributed by atoms with Crippen LogP contribution in [0.4, 0.5) is 22.0 Å². The molecular formula is C11H11F5O. The van der Waals surface area contributed by atoms with Gasteiger partial charge in [0.1, 0.15) is 0 Å². The van der Waals surface area contributed by atoms with Crippen LogP contribution in [-0.4, -0.2) is 6.36 Å². The van der Waals surface area contributed by atoms with Crippen molar-refractivity contribution in [1.82, 2.24) is 0 Å². The lowest BCUT2D eigenvalue weighted by Crippen LogP contribution is -2.19. The minimum atomic E-state index is -5.11. The maximum Gasteiger partial charge on any atom is 0.573 e. The average molecular weight is 254 g/mol. The van der Waals surface area contributed by atoms with E-state index >= 15 is 0 Å². The van der Waals surface area contributed by atoms with Gasteiger partial charge in [-0.05, 0) is 30.0 Å². The zero-order valence-corrected chi connectivity index (χ0v) is 9.24. The van der Waals surface area contributed by atoms with Gasteiger partial charge < -0.3 is 4.74 Å². The van der Waals surface area contributed by atoms with Crippen LogP contribution in [0.15, 0.2) is 12.1 Å². The Balaban J connectivity index is 3.02. The Morgan fingerprint density at radius 3 is 1.94 bits per heavy atom. The molecule has 1 aromatic carbocycles. The topological polar surface area (TPSA) is 9.23 Å². The van der Waals surface area contributed by atoms with E-state index in [0.29, 0.717) is 12.0 Å². The molecule has 0 atom stereocenters. The first-order valence-electron chi connectivity index (χ1n) is 4.92. The Bertz CT molecular complexity index is 374. The molecule has 0 saturated carbocycles. The van der Waals surface area contributed by atoms with Gasteiger partial charge in [-0.15, -0.1) is 13.2 Å². The van der Waals surface area contributed by atoms with E-state index in [2.05, 4.69) is 4.74 Å². The third-order valence-electron chi connectivity index (χ3n) is 1.92. The van der Waals surface area contributed by atoms with Crippen LogP contribution >= 0.6 is 0 Å². The highest BCUT2D eigenvalue weighted by molar-refractivity contribution is 5.31. The summed E-state index contributed by atoms with van der Waals surface area (Å²) in [7, 11) is 0. The number of rotatable bonds is 3. The van der Waals surface area contributed by atoms with Crippen LogP contribution in [0.25, 0.3) is 0 Å². The van der Waals surface area contributed by atoms with Gasteiger partial charge in [-0.2, -0.15) is 0 Å². The Morgan fingerprint density at radius 2 is 1.59 bits per heavy atom. The second-order valence-electron chi connectivity index (χ2n) is 4.03. The van der Waals surface area contributed by atoms with Crippen LogP contribution in [0.3, 0.4) is 0 Å². The number of halogens is 5. The van der Waals surface area contributed by atoms with Crippen LogP contribution in [0, 0.1) is 17.6 Å². The first-order valence-corrected chi connectivity index (χ1v) is 4.92. The summed E-state index contributed by atoms with van der Waals surface area (Å²) in [5.74, 6) is -3.97. The van der Waals surface area contributed by atoms with E-state index in [1.165, 1.54) is 0 Å². The lowest BCUT2D eigenvalue weighted by Gasteiger charge is -2.12. The van der Waals surface area contributed by atoms with E-state index in [1.807, 2.05) is 13.8 Å². The van der Waals surface area contributed by atoms with Crippen molar-refractivity contribution in [2.24, 2.45) is 5.92 Å². The van der Waals surface area contributed by atoms with Crippen LogP contribution < -0.4 is 4.74 Å². The third-order valence-corrected chi connectivity index (χ3v) is 1.92. The summed E-state index contributed by atoms with van der Waals surface area (Å²) < 4.78 is 65.3. The van der Waals surface area contributed by atoms with Crippen molar-refractivity contribution in [1.29, 1.82) is 0 Å². The summed E-state index contributed by atoms with van der Waals surface area (Å²) in [6.45, 7) is 3.66. The molecule has 0 fully saturated rings. The number of ether oxygens (including phenoxy) is 1. The fourth-order valence-electron chi connectivity index (χ4n) is 1.41. The van der Waals surface area contributed by atoms with Crippen LogP contribution in [-0.2, 0) is 6.42 Å². The molecule has 0 spiro atoms. The van der Waals surface area contributed by atoms with Crippen molar-refractivity contribution in [2.75, 3.05) is 0 Å². The maximum absolute atomic E-state index is 13.2. The molecule has 96 valence electrons. The Hall–Kier alpha value is -1.33. The van der Waals surface area contributed by atoms with E-state index in [4.69, 9.17) is 0 Å². The maximum atomic E-state index is 13.2. The van der Waals surface area contributed by atoms with Crippen molar-refractivity contribution in [2.45, 2.75) is 26.6 Å². The smallest absolute Gasteiger partial charge is 0.399 e. The number of hydrogen-bond donors (Lipinski definition) is 0. The van der Waals surface area contributed by atoms with Crippen LogP contribution in [0.5, 0.6) is 5.75 Å². The van der Waals surface area contributed by atoms with Crippen molar-refractivity contribution in [3.05, 3.63) is 29.3 Å². The van der Waals surface area contributed by atoms with Gasteiger partial charge in [0.25, 0.3) is 0 Å². The van der Waals surface area contributed by atoms with Crippen molar-refractivity contribution in [3.63, 3.8) is 0 Å². The van der Waals surface area contributed by atoms with Gasteiger partial charge in [0.2, 0.25) is 5.75 Å². The number of benzene rings is 1. The summed E-state index contributed by atoms with van der Waals surface area (Å²) >= 11 is 0. The summed E-state index contributed by atoms with van der Waals surface area (Å²) in [4.78, 5) is 0. The number of hydrogen-bond acceptors (Lipinski definition) is 1. The summed E-state index contributed by atoms with van der Waals surface area (Å²) in [5, 5.41) is 0. The Labute approximate surface area is 95.2 Å². The molecule has 6 heteroatoms. The molecular weight excluding hydrogens is 243 g/mol. The van der Waals surface area contributed by atoms with Gasteiger partial charge in [0.15, 0.2) is 11.6 Å². The lowest BCUT2D eigenvalue weighted by atomic mass is 10.0. The van der Waals surface area contributed by atoms with Crippen molar-refractivity contribution in [3.8, 4) is 5.75 Å². The standard InChI is InChI=1S/C11H11F5O/c1-6(2)3-7-4-8(12)10(9(13)5-7)17-11(14,15)16/h4-6H,3H2,1-2H3. The molecule has 0 N–H and O–H groups in total. The number of alkyl halides is 3. The second kappa shape index (κ2) is 4.89. The van der Waals surface area contributed by atoms with Crippen LogP contribution in [0.1, 0.15) is 19.4 Å². The quantitative estimate of drug-likeness (QED) is 0.739. The lowest BCUT2D eigenvalue weighted by molar-refractivity contribution is -0.276. The molecule has 0 heterocycles. The largest absolute Gasteiger partial charge is 0.573 e. The molecule has 0 amide bonds. The molecule has 0 unspecified atom stereocenters. The van der Waals surface area contributed by atoms with Gasteiger partial charge in [-0.25, -0.2) is 8.78 Å². The minimum absolute atomic E-state index is 0.142. The molecule has 0 aromatic heterocycles. The normalized spacial score (nSPS) is 12.0. The highest BCUT2D eigenvalue weighted by atomic mass is 19.4. The fourth-order valence-corrected chi connectivity index (χ4v) is 1.41. The predicted octanol–water partition coefficient (Wildman–Crippen LogP) is 4.06. The summed E-state index contributed by atoms with van der Waals surface area (Å²) in [5.41, 5.74) is 0.296. The van der Waals surface area contributed by atoms with Gasteiger partial charge in [0.05, 0.1) is 0 Å².